The summed E-state index contributed by atoms with van der Waals surface area (Å²) in [6.07, 6.45) is 8.71. The molecule has 0 saturated heterocycles. The minimum absolute atomic E-state index is 0. The predicted octanol–water partition coefficient (Wildman–Crippen LogP) is 3.20. The smallest absolute Gasteiger partial charge is 0.224 e. The Morgan fingerprint density at radius 1 is 1.25 bits per heavy atom. The summed E-state index contributed by atoms with van der Waals surface area (Å²) < 4.78 is 1.87. The van der Waals surface area contributed by atoms with Gasteiger partial charge in [0, 0.05) is 30.5 Å². The minimum Gasteiger partial charge on any atom is -0.327 e. The first-order chi connectivity index (χ1) is 11.2. The van der Waals surface area contributed by atoms with E-state index >= 15 is 0 Å². The highest BCUT2D eigenvalue weighted by molar-refractivity contribution is 5.90. The van der Waals surface area contributed by atoms with Gasteiger partial charge in [0.05, 0.1) is 6.54 Å². The molecule has 2 unspecified atom stereocenters. The SMILES string of the molecule is Cl.NC1CCCCC1CC(=O)Nc1ccc(Cn2cccn2)cc1. The molecule has 1 heterocycles. The van der Waals surface area contributed by atoms with E-state index in [1.807, 2.05) is 41.2 Å². The van der Waals surface area contributed by atoms with Crippen LogP contribution < -0.4 is 11.1 Å². The molecule has 1 fully saturated rings. The number of hydrogen-bond acceptors (Lipinski definition) is 3. The first kappa shape index (κ1) is 18.5. The summed E-state index contributed by atoms with van der Waals surface area (Å²) in [5, 5.41) is 7.17. The molecule has 3 rings (SSSR count). The van der Waals surface area contributed by atoms with Crippen molar-refractivity contribution in [3.63, 3.8) is 0 Å². The topological polar surface area (TPSA) is 72.9 Å². The van der Waals surface area contributed by atoms with E-state index in [1.54, 1.807) is 6.20 Å². The third-order valence-electron chi connectivity index (χ3n) is 4.56. The van der Waals surface area contributed by atoms with E-state index in [1.165, 1.54) is 12.8 Å². The molecule has 1 saturated carbocycles. The van der Waals surface area contributed by atoms with Gasteiger partial charge in [0.15, 0.2) is 0 Å². The van der Waals surface area contributed by atoms with E-state index in [9.17, 15) is 4.79 Å². The first-order valence-electron chi connectivity index (χ1n) is 8.32. The summed E-state index contributed by atoms with van der Waals surface area (Å²) in [5.41, 5.74) is 8.11. The summed E-state index contributed by atoms with van der Waals surface area (Å²) in [5.74, 6) is 0.384. The number of amides is 1. The van der Waals surface area contributed by atoms with Gasteiger partial charge in [-0.2, -0.15) is 5.10 Å². The van der Waals surface area contributed by atoms with E-state index in [0.717, 1.165) is 30.6 Å². The lowest BCUT2D eigenvalue weighted by molar-refractivity contribution is -0.117. The van der Waals surface area contributed by atoms with E-state index in [0.29, 0.717) is 12.3 Å². The highest BCUT2D eigenvalue weighted by Crippen LogP contribution is 2.26. The number of nitrogens with two attached hydrogens (primary N) is 1. The third kappa shape index (κ3) is 5.08. The van der Waals surface area contributed by atoms with E-state index < -0.39 is 0 Å². The van der Waals surface area contributed by atoms with Crippen molar-refractivity contribution in [1.82, 2.24) is 9.78 Å². The third-order valence-corrected chi connectivity index (χ3v) is 4.56. The lowest BCUT2D eigenvalue weighted by Crippen LogP contribution is -2.35. The molecule has 0 aliphatic heterocycles. The normalized spacial score (nSPS) is 20.2. The van der Waals surface area contributed by atoms with Crippen molar-refractivity contribution in [1.29, 1.82) is 0 Å². The molecule has 3 N–H and O–H groups in total. The van der Waals surface area contributed by atoms with Crippen molar-refractivity contribution in [2.75, 3.05) is 5.32 Å². The number of hydrogen-bond donors (Lipinski definition) is 2. The largest absolute Gasteiger partial charge is 0.327 e. The fraction of sp³-hybridized carbons (Fsp3) is 0.444. The van der Waals surface area contributed by atoms with Crippen LogP contribution in [-0.4, -0.2) is 21.7 Å². The number of aromatic nitrogens is 2. The average Bonchev–Trinajstić information content (AvgIpc) is 3.04. The average molecular weight is 349 g/mol. The number of nitrogens with one attached hydrogen (secondary N) is 1. The summed E-state index contributed by atoms with van der Waals surface area (Å²) in [7, 11) is 0. The van der Waals surface area contributed by atoms with E-state index in [4.69, 9.17) is 5.73 Å². The number of benzene rings is 1. The number of carbonyl (C=O) groups is 1. The number of rotatable bonds is 5. The molecule has 1 aromatic carbocycles. The van der Waals surface area contributed by atoms with Gasteiger partial charge in [-0.1, -0.05) is 25.0 Å². The summed E-state index contributed by atoms with van der Waals surface area (Å²) in [6.45, 7) is 0.734. The van der Waals surface area contributed by atoms with Crippen LogP contribution in [0, 0.1) is 5.92 Å². The van der Waals surface area contributed by atoms with Gasteiger partial charge in [0.1, 0.15) is 0 Å². The number of anilines is 1. The molecule has 0 radical (unpaired) electrons. The fourth-order valence-electron chi connectivity index (χ4n) is 3.21. The molecule has 1 aliphatic rings. The van der Waals surface area contributed by atoms with Crippen LogP contribution in [-0.2, 0) is 11.3 Å². The van der Waals surface area contributed by atoms with Crippen molar-refractivity contribution in [3.05, 3.63) is 48.3 Å². The van der Waals surface area contributed by atoms with Gasteiger partial charge in [0.2, 0.25) is 5.91 Å². The van der Waals surface area contributed by atoms with Gasteiger partial charge >= 0.3 is 0 Å². The molecule has 2 aromatic rings. The maximum atomic E-state index is 12.2. The van der Waals surface area contributed by atoms with Crippen LogP contribution >= 0.6 is 12.4 Å². The van der Waals surface area contributed by atoms with Crippen LogP contribution in [0.25, 0.3) is 0 Å². The van der Waals surface area contributed by atoms with Crippen LogP contribution in [0.1, 0.15) is 37.7 Å². The van der Waals surface area contributed by atoms with Crippen molar-refractivity contribution in [2.24, 2.45) is 11.7 Å². The van der Waals surface area contributed by atoms with E-state index in [2.05, 4.69) is 10.4 Å². The highest BCUT2D eigenvalue weighted by atomic mass is 35.5. The number of halogens is 1. The van der Waals surface area contributed by atoms with Gasteiger partial charge in [-0.3, -0.25) is 9.48 Å². The number of carbonyl (C=O) groups excluding carboxylic acids is 1. The molecular weight excluding hydrogens is 324 g/mol. The standard InChI is InChI=1S/C18H24N4O.ClH/c19-17-5-2-1-4-15(17)12-18(23)21-16-8-6-14(7-9-16)13-22-11-3-10-20-22;/h3,6-11,15,17H,1-2,4-5,12-13,19H2,(H,21,23);1H. The Morgan fingerprint density at radius 2 is 2.00 bits per heavy atom. The van der Waals surface area contributed by atoms with Gasteiger partial charge in [0.25, 0.3) is 0 Å². The molecule has 2 atom stereocenters. The molecular formula is C18H25ClN4O. The van der Waals surface area contributed by atoms with Crippen molar-refractivity contribution < 1.29 is 4.79 Å². The maximum Gasteiger partial charge on any atom is 0.224 e. The van der Waals surface area contributed by atoms with Gasteiger partial charge < -0.3 is 11.1 Å². The van der Waals surface area contributed by atoms with Crippen LogP contribution in [0.4, 0.5) is 5.69 Å². The second-order valence-corrected chi connectivity index (χ2v) is 6.36. The van der Waals surface area contributed by atoms with Crippen molar-refractivity contribution in [3.8, 4) is 0 Å². The second-order valence-electron chi connectivity index (χ2n) is 6.36. The molecule has 1 aliphatic carbocycles. The van der Waals surface area contributed by atoms with Crippen LogP contribution in [0.15, 0.2) is 42.7 Å². The zero-order valence-corrected chi connectivity index (χ0v) is 14.5. The summed E-state index contributed by atoms with van der Waals surface area (Å²) in [4.78, 5) is 12.2. The Bertz CT molecular complexity index is 627. The summed E-state index contributed by atoms with van der Waals surface area (Å²) >= 11 is 0. The highest BCUT2D eigenvalue weighted by Gasteiger charge is 2.24. The van der Waals surface area contributed by atoms with Crippen molar-refractivity contribution >= 4 is 24.0 Å². The van der Waals surface area contributed by atoms with Gasteiger partial charge in [-0.25, -0.2) is 0 Å². The Morgan fingerprint density at radius 3 is 2.67 bits per heavy atom. The van der Waals surface area contributed by atoms with Crippen LogP contribution in [0.2, 0.25) is 0 Å². The molecule has 24 heavy (non-hydrogen) atoms. The molecule has 130 valence electrons. The molecule has 1 amide bonds. The van der Waals surface area contributed by atoms with Gasteiger partial charge in [-0.05, 0) is 42.5 Å². The Labute approximate surface area is 149 Å². The van der Waals surface area contributed by atoms with Crippen molar-refractivity contribution in [2.45, 2.75) is 44.7 Å². The Kier molecular flexibility index (Phi) is 6.82. The Hall–Kier alpha value is -1.85. The molecule has 1 aromatic heterocycles. The van der Waals surface area contributed by atoms with Crippen LogP contribution in [0.3, 0.4) is 0 Å². The number of nitrogens with zero attached hydrogens (tertiary/aromatic N) is 2. The molecule has 0 bridgehead atoms. The zero-order valence-electron chi connectivity index (χ0n) is 13.7. The Balaban J connectivity index is 0.00000208. The second kappa shape index (κ2) is 8.85. The van der Waals surface area contributed by atoms with E-state index in [-0.39, 0.29) is 24.4 Å². The quantitative estimate of drug-likeness (QED) is 0.871. The minimum atomic E-state index is 0. The van der Waals surface area contributed by atoms with Gasteiger partial charge in [-0.15, -0.1) is 12.4 Å². The molecule has 0 spiro atoms. The monoisotopic (exact) mass is 348 g/mol. The lowest BCUT2D eigenvalue weighted by Gasteiger charge is -2.27. The molecule has 5 nitrogen and oxygen atoms in total. The van der Waals surface area contributed by atoms with Crippen LogP contribution in [0.5, 0.6) is 0 Å². The molecule has 6 heteroatoms. The zero-order chi connectivity index (χ0) is 16.1. The predicted molar refractivity (Wildman–Crippen MR) is 98.2 cm³/mol. The summed E-state index contributed by atoms with van der Waals surface area (Å²) in [6, 6.07) is 10.00. The first-order valence-corrected chi connectivity index (χ1v) is 8.32. The lowest BCUT2D eigenvalue weighted by atomic mass is 9.83. The fourth-order valence-corrected chi connectivity index (χ4v) is 3.21. The maximum absolute atomic E-state index is 12.2.